The highest BCUT2D eigenvalue weighted by atomic mass is 32.2. The Balaban J connectivity index is 1.51. The molecule has 2 N–H and O–H groups in total. The van der Waals surface area contributed by atoms with Crippen molar-refractivity contribution in [1.29, 1.82) is 0 Å². The smallest absolute Gasteiger partial charge is 0.259 e. The number of rotatable bonds is 4. The molecule has 3 aromatic rings. The van der Waals surface area contributed by atoms with Crippen molar-refractivity contribution in [2.75, 3.05) is 5.32 Å². The molecule has 0 aliphatic heterocycles. The number of hydrogen-bond donors (Lipinski definition) is 2. The van der Waals surface area contributed by atoms with Gasteiger partial charge in [-0.2, -0.15) is 0 Å². The third kappa shape index (κ3) is 3.34. The number of H-pyrrole nitrogens is 1. The van der Waals surface area contributed by atoms with Gasteiger partial charge in [0.25, 0.3) is 5.56 Å². The Labute approximate surface area is 152 Å². The molecular weight excluding hydrogens is 354 g/mol. The van der Waals surface area contributed by atoms with Gasteiger partial charge in [-0.3, -0.25) is 9.59 Å². The molecule has 1 aromatic carbocycles. The number of carbonyl (C=O) groups is 1. The standard InChI is InChI=1S/C18H17N3O2S2/c1-10(22)19-11-5-7-12(8-6-11)24-9-15-20-17(23)16-13-3-2-4-14(13)25-18(16)21-15/h5-8H,2-4,9H2,1H3,(H,19,22)(H,20,21,23). The predicted octanol–water partition coefficient (Wildman–Crippen LogP) is 3.72. The lowest BCUT2D eigenvalue weighted by molar-refractivity contribution is -0.114. The number of carbonyl (C=O) groups excluding carboxylic acids is 1. The van der Waals surface area contributed by atoms with E-state index in [1.54, 1.807) is 23.1 Å². The topological polar surface area (TPSA) is 74.8 Å². The molecule has 2 heterocycles. The highest BCUT2D eigenvalue weighted by molar-refractivity contribution is 7.98. The minimum absolute atomic E-state index is 0.0130. The van der Waals surface area contributed by atoms with Gasteiger partial charge in [-0.05, 0) is 49.1 Å². The van der Waals surface area contributed by atoms with Crippen LogP contribution in [0.3, 0.4) is 0 Å². The van der Waals surface area contributed by atoms with Crippen LogP contribution >= 0.6 is 23.1 Å². The number of thiophene rings is 1. The molecule has 1 aliphatic carbocycles. The van der Waals surface area contributed by atoms with Gasteiger partial charge in [0.05, 0.1) is 11.1 Å². The van der Waals surface area contributed by atoms with Crippen molar-refractivity contribution < 1.29 is 4.79 Å². The summed E-state index contributed by atoms with van der Waals surface area (Å²) >= 11 is 3.27. The van der Waals surface area contributed by atoms with E-state index in [-0.39, 0.29) is 11.5 Å². The molecule has 0 saturated heterocycles. The first-order chi connectivity index (χ1) is 12.1. The molecule has 2 aromatic heterocycles. The Hall–Kier alpha value is -2.12. The summed E-state index contributed by atoms with van der Waals surface area (Å²) in [4.78, 5) is 34.3. The highest BCUT2D eigenvalue weighted by Crippen LogP contribution is 2.34. The minimum Gasteiger partial charge on any atom is -0.326 e. The van der Waals surface area contributed by atoms with Gasteiger partial charge in [-0.25, -0.2) is 4.98 Å². The first-order valence-corrected chi connectivity index (χ1v) is 9.94. The number of aromatic amines is 1. The number of hydrogen-bond acceptors (Lipinski definition) is 5. The highest BCUT2D eigenvalue weighted by Gasteiger charge is 2.21. The molecule has 0 fully saturated rings. The fraction of sp³-hybridized carbons (Fsp3) is 0.278. The summed E-state index contributed by atoms with van der Waals surface area (Å²) in [5.74, 6) is 1.22. The summed E-state index contributed by atoms with van der Waals surface area (Å²) in [6, 6.07) is 7.64. The summed E-state index contributed by atoms with van der Waals surface area (Å²) in [7, 11) is 0. The number of thioether (sulfide) groups is 1. The molecule has 4 rings (SSSR count). The van der Waals surface area contributed by atoms with Gasteiger partial charge >= 0.3 is 0 Å². The summed E-state index contributed by atoms with van der Waals surface area (Å²) in [6.07, 6.45) is 3.21. The van der Waals surface area contributed by atoms with Crippen LogP contribution in [0.2, 0.25) is 0 Å². The van der Waals surface area contributed by atoms with Crippen molar-refractivity contribution >= 4 is 44.9 Å². The van der Waals surface area contributed by atoms with Crippen LogP contribution in [0.5, 0.6) is 0 Å². The second-order valence-electron chi connectivity index (χ2n) is 6.04. The molecule has 0 radical (unpaired) electrons. The van der Waals surface area contributed by atoms with Gasteiger partial charge in [-0.1, -0.05) is 0 Å². The first-order valence-electron chi connectivity index (χ1n) is 8.14. The number of nitrogens with zero attached hydrogens (tertiary/aromatic N) is 1. The maximum absolute atomic E-state index is 12.4. The molecule has 128 valence electrons. The van der Waals surface area contributed by atoms with Crippen molar-refractivity contribution in [2.24, 2.45) is 0 Å². The van der Waals surface area contributed by atoms with Crippen LogP contribution in [-0.4, -0.2) is 15.9 Å². The lowest BCUT2D eigenvalue weighted by atomic mass is 10.2. The number of aromatic nitrogens is 2. The number of aryl methyl sites for hydroxylation is 2. The van der Waals surface area contributed by atoms with E-state index in [9.17, 15) is 9.59 Å². The summed E-state index contributed by atoms with van der Waals surface area (Å²) in [6.45, 7) is 1.49. The van der Waals surface area contributed by atoms with Gasteiger partial charge in [-0.15, -0.1) is 23.1 Å². The van der Waals surface area contributed by atoms with E-state index < -0.39 is 0 Å². The number of benzene rings is 1. The normalized spacial score (nSPS) is 13.2. The Morgan fingerprint density at radius 1 is 1.32 bits per heavy atom. The van der Waals surface area contributed by atoms with Crippen molar-refractivity contribution in [1.82, 2.24) is 9.97 Å². The number of amides is 1. The van der Waals surface area contributed by atoms with Gasteiger partial charge in [0.15, 0.2) is 0 Å². The summed E-state index contributed by atoms with van der Waals surface area (Å²) < 4.78 is 0. The molecule has 0 unspecified atom stereocenters. The Bertz CT molecular complexity index is 1010. The van der Waals surface area contributed by atoms with Gasteiger partial charge in [0.2, 0.25) is 5.91 Å². The molecule has 5 nitrogen and oxygen atoms in total. The molecule has 0 bridgehead atoms. The second-order valence-corrected chi connectivity index (χ2v) is 8.18. The van der Waals surface area contributed by atoms with Gasteiger partial charge < -0.3 is 10.3 Å². The fourth-order valence-electron chi connectivity index (χ4n) is 3.10. The Kier molecular flexibility index (Phi) is 4.35. The van der Waals surface area contributed by atoms with Crippen LogP contribution in [0, 0.1) is 0 Å². The molecule has 0 atom stereocenters. The van der Waals surface area contributed by atoms with Crippen LogP contribution in [0.1, 0.15) is 29.6 Å². The lowest BCUT2D eigenvalue weighted by Crippen LogP contribution is -2.11. The largest absolute Gasteiger partial charge is 0.326 e. The van der Waals surface area contributed by atoms with E-state index in [1.165, 1.54) is 17.4 Å². The zero-order chi connectivity index (χ0) is 17.4. The molecule has 0 saturated carbocycles. The van der Waals surface area contributed by atoms with Crippen LogP contribution in [0.25, 0.3) is 10.2 Å². The van der Waals surface area contributed by atoms with E-state index in [0.29, 0.717) is 11.6 Å². The molecular formula is C18H17N3O2S2. The molecule has 0 spiro atoms. The van der Waals surface area contributed by atoms with Crippen molar-refractivity contribution in [2.45, 2.75) is 36.8 Å². The molecule has 1 amide bonds. The van der Waals surface area contributed by atoms with Crippen molar-refractivity contribution in [3.63, 3.8) is 0 Å². The number of fused-ring (bicyclic) bond motifs is 3. The first kappa shape index (κ1) is 16.4. The van der Waals surface area contributed by atoms with E-state index in [1.807, 2.05) is 24.3 Å². The quantitative estimate of drug-likeness (QED) is 0.686. The van der Waals surface area contributed by atoms with Crippen molar-refractivity contribution in [3.05, 3.63) is 50.9 Å². The maximum Gasteiger partial charge on any atom is 0.259 e. The van der Waals surface area contributed by atoms with Crippen LogP contribution in [0.4, 0.5) is 5.69 Å². The second kappa shape index (κ2) is 6.65. The number of nitrogens with one attached hydrogen (secondary N) is 2. The van der Waals surface area contributed by atoms with Gasteiger partial charge in [0, 0.05) is 22.4 Å². The Morgan fingerprint density at radius 2 is 2.12 bits per heavy atom. The van der Waals surface area contributed by atoms with E-state index in [4.69, 9.17) is 0 Å². The van der Waals surface area contributed by atoms with Crippen LogP contribution in [0.15, 0.2) is 34.0 Å². The number of anilines is 1. The van der Waals surface area contributed by atoms with Crippen molar-refractivity contribution in [3.8, 4) is 0 Å². The van der Waals surface area contributed by atoms with E-state index >= 15 is 0 Å². The average Bonchev–Trinajstić information content (AvgIpc) is 3.14. The fourth-order valence-corrected chi connectivity index (χ4v) is 5.15. The zero-order valence-electron chi connectivity index (χ0n) is 13.7. The van der Waals surface area contributed by atoms with Crippen LogP contribution in [-0.2, 0) is 23.4 Å². The third-order valence-corrected chi connectivity index (χ3v) is 6.38. The summed E-state index contributed by atoms with van der Waals surface area (Å²) in [5, 5.41) is 3.54. The summed E-state index contributed by atoms with van der Waals surface area (Å²) in [5.41, 5.74) is 1.97. The van der Waals surface area contributed by atoms with E-state index in [2.05, 4.69) is 15.3 Å². The maximum atomic E-state index is 12.4. The van der Waals surface area contributed by atoms with E-state index in [0.717, 1.165) is 40.1 Å². The Morgan fingerprint density at radius 3 is 2.88 bits per heavy atom. The lowest BCUT2D eigenvalue weighted by Gasteiger charge is -2.05. The minimum atomic E-state index is -0.0849. The third-order valence-electron chi connectivity index (χ3n) is 4.17. The monoisotopic (exact) mass is 371 g/mol. The SMILES string of the molecule is CC(=O)Nc1ccc(SCc2nc3sc4c(c3c(=O)[nH]2)CCC4)cc1. The van der Waals surface area contributed by atoms with Gasteiger partial charge in [0.1, 0.15) is 10.7 Å². The molecule has 7 heteroatoms. The average molecular weight is 371 g/mol. The van der Waals surface area contributed by atoms with Crippen LogP contribution < -0.4 is 10.9 Å². The molecule has 25 heavy (non-hydrogen) atoms. The predicted molar refractivity (Wildman–Crippen MR) is 103 cm³/mol. The zero-order valence-corrected chi connectivity index (χ0v) is 15.4. The molecule has 1 aliphatic rings.